The van der Waals surface area contributed by atoms with E-state index in [2.05, 4.69) is 126 Å². The second-order valence-electron chi connectivity index (χ2n) is 13.2. The number of hydrogen-bond acceptors (Lipinski definition) is 4. The maximum Gasteiger partial charge on any atom is 0.164 e. The first-order valence-electron chi connectivity index (χ1n) is 17.8. The molecule has 0 aliphatic rings. The molecule has 0 amide bonds. The molecule has 0 saturated heterocycles. The summed E-state index contributed by atoms with van der Waals surface area (Å²) in [6.45, 7) is 2.01. The Bertz CT molecular complexity index is 2650. The molecule has 9 aromatic rings. The third kappa shape index (κ3) is 6.74. The zero-order chi connectivity index (χ0) is 35.6. The lowest BCUT2D eigenvalue weighted by atomic mass is 9.93. The predicted octanol–water partition coefficient (Wildman–Crippen LogP) is 12.4. The van der Waals surface area contributed by atoms with Gasteiger partial charge in [0, 0.05) is 34.1 Å². The minimum absolute atomic E-state index is 0.626. The van der Waals surface area contributed by atoms with Crippen LogP contribution < -0.4 is 0 Å². The van der Waals surface area contributed by atoms with Gasteiger partial charge in [0.25, 0.3) is 0 Å². The van der Waals surface area contributed by atoms with Gasteiger partial charge in [-0.05, 0) is 93.0 Å². The van der Waals surface area contributed by atoms with Gasteiger partial charge < -0.3 is 0 Å². The largest absolute Gasteiger partial charge is 0.261 e. The molecular formula is C49H34N4. The monoisotopic (exact) mass is 678 g/mol. The van der Waals surface area contributed by atoms with E-state index in [0.29, 0.717) is 17.5 Å². The predicted molar refractivity (Wildman–Crippen MR) is 218 cm³/mol. The van der Waals surface area contributed by atoms with E-state index in [1.54, 1.807) is 0 Å². The van der Waals surface area contributed by atoms with Crippen LogP contribution >= 0.6 is 0 Å². The Morgan fingerprint density at radius 3 is 1.34 bits per heavy atom. The van der Waals surface area contributed by atoms with Crippen molar-refractivity contribution in [2.45, 2.75) is 6.92 Å². The van der Waals surface area contributed by atoms with E-state index in [9.17, 15) is 0 Å². The fourth-order valence-electron chi connectivity index (χ4n) is 6.77. The van der Waals surface area contributed by atoms with Crippen LogP contribution in [0, 0.1) is 6.92 Å². The van der Waals surface area contributed by atoms with Crippen LogP contribution in [0.25, 0.3) is 89.4 Å². The van der Waals surface area contributed by atoms with Crippen molar-refractivity contribution in [2.24, 2.45) is 0 Å². The molecule has 0 bridgehead atoms. The molecule has 250 valence electrons. The molecule has 0 aliphatic heterocycles. The molecule has 0 spiro atoms. The van der Waals surface area contributed by atoms with E-state index in [1.807, 2.05) is 73.8 Å². The van der Waals surface area contributed by atoms with Crippen LogP contribution in [0.15, 0.2) is 188 Å². The molecule has 53 heavy (non-hydrogen) atoms. The standard InChI is InChI=1S/C49H34N4/c1-33-19-20-43(32-50-33)41-18-10-17-40(27-41)35-21-23-36(24-22-35)44-29-45(42-26-25-34-11-8-9-16-39(34)28-42)31-46(30-44)49-52-47(37-12-4-2-5-13-37)51-48(53-49)38-14-6-3-7-15-38/h2-32H,1H3. The van der Waals surface area contributed by atoms with Crippen molar-refractivity contribution in [2.75, 3.05) is 0 Å². The molecule has 4 heteroatoms. The van der Waals surface area contributed by atoms with Crippen molar-refractivity contribution < 1.29 is 0 Å². The summed E-state index contributed by atoms with van der Waals surface area (Å²) in [4.78, 5) is 19.6. The summed E-state index contributed by atoms with van der Waals surface area (Å²) in [6.07, 6.45) is 1.94. The van der Waals surface area contributed by atoms with E-state index >= 15 is 0 Å². The van der Waals surface area contributed by atoms with E-state index in [0.717, 1.165) is 66.9 Å². The van der Waals surface area contributed by atoms with Gasteiger partial charge in [-0.15, -0.1) is 0 Å². The maximum atomic E-state index is 5.08. The van der Waals surface area contributed by atoms with E-state index in [-0.39, 0.29) is 0 Å². The van der Waals surface area contributed by atoms with E-state index in [1.165, 1.54) is 10.8 Å². The second kappa shape index (κ2) is 13.9. The van der Waals surface area contributed by atoms with Crippen molar-refractivity contribution >= 4 is 10.8 Å². The van der Waals surface area contributed by atoms with Crippen LogP contribution in [-0.4, -0.2) is 19.9 Å². The van der Waals surface area contributed by atoms with Crippen molar-refractivity contribution in [3.8, 4) is 78.7 Å². The van der Waals surface area contributed by atoms with Crippen molar-refractivity contribution in [3.05, 3.63) is 194 Å². The molecule has 7 aromatic carbocycles. The van der Waals surface area contributed by atoms with Crippen LogP contribution in [0.5, 0.6) is 0 Å². The molecule has 4 nitrogen and oxygen atoms in total. The Morgan fingerprint density at radius 1 is 0.283 bits per heavy atom. The minimum atomic E-state index is 0.626. The number of fused-ring (bicyclic) bond motifs is 1. The van der Waals surface area contributed by atoms with Gasteiger partial charge in [0.2, 0.25) is 0 Å². The minimum Gasteiger partial charge on any atom is -0.261 e. The molecule has 9 rings (SSSR count). The third-order valence-electron chi connectivity index (χ3n) is 9.63. The first-order valence-corrected chi connectivity index (χ1v) is 17.8. The molecule has 0 atom stereocenters. The highest BCUT2D eigenvalue weighted by Gasteiger charge is 2.15. The van der Waals surface area contributed by atoms with Gasteiger partial charge in [-0.2, -0.15) is 0 Å². The highest BCUT2D eigenvalue weighted by molar-refractivity contribution is 5.89. The molecule has 0 N–H and O–H groups in total. The lowest BCUT2D eigenvalue weighted by molar-refractivity contribution is 1.07. The summed E-state index contributed by atoms with van der Waals surface area (Å²) in [7, 11) is 0. The number of aryl methyl sites for hydroxylation is 1. The average Bonchev–Trinajstić information content (AvgIpc) is 3.24. The molecule has 0 fully saturated rings. The van der Waals surface area contributed by atoms with Gasteiger partial charge in [-0.25, -0.2) is 15.0 Å². The first-order chi connectivity index (χ1) is 26.1. The number of benzene rings is 7. The number of hydrogen-bond donors (Lipinski definition) is 0. The van der Waals surface area contributed by atoms with Crippen LogP contribution in [0.4, 0.5) is 0 Å². The van der Waals surface area contributed by atoms with Gasteiger partial charge in [-0.3, -0.25) is 4.98 Å². The molecule has 2 heterocycles. The lowest BCUT2D eigenvalue weighted by Crippen LogP contribution is -2.00. The molecule has 2 aromatic heterocycles. The van der Waals surface area contributed by atoms with Crippen LogP contribution in [0.3, 0.4) is 0 Å². The summed E-state index contributed by atoms with van der Waals surface area (Å²) in [6, 6.07) is 63.7. The Balaban J connectivity index is 1.17. The normalized spacial score (nSPS) is 11.1. The molecule has 0 unspecified atom stereocenters. The first kappa shape index (κ1) is 31.9. The van der Waals surface area contributed by atoms with Gasteiger partial charge in [0.1, 0.15) is 0 Å². The highest BCUT2D eigenvalue weighted by atomic mass is 15.0. The third-order valence-corrected chi connectivity index (χ3v) is 9.63. The smallest absolute Gasteiger partial charge is 0.164 e. The lowest BCUT2D eigenvalue weighted by Gasteiger charge is -2.13. The van der Waals surface area contributed by atoms with Crippen LogP contribution in [0.1, 0.15) is 5.69 Å². The van der Waals surface area contributed by atoms with Crippen LogP contribution in [0.2, 0.25) is 0 Å². The van der Waals surface area contributed by atoms with Crippen molar-refractivity contribution in [3.63, 3.8) is 0 Å². The zero-order valence-corrected chi connectivity index (χ0v) is 29.2. The second-order valence-corrected chi connectivity index (χ2v) is 13.2. The molecule has 0 aliphatic carbocycles. The van der Waals surface area contributed by atoms with Crippen molar-refractivity contribution in [1.82, 2.24) is 19.9 Å². The Kier molecular flexibility index (Phi) is 8.39. The van der Waals surface area contributed by atoms with E-state index < -0.39 is 0 Å². The topological polar surface area (TPSA) is 51.6 Å². The molecular weight excluding hydrogens is 645 g/mol. The summed E-state index contributed by atoms with van der Waals surface area (Å²) in [5.41, 5.74) is 12.8. The number of rotatable bonds is 7. The maximum absolute atomic E-state index is 5.08. The number of pyridine rings is 1. The number of nitrogens with zero attached hydrogens (tertiary/aromatic N) is 4. The summed E-state index contributed by atoms with van der Waals surface area (Å²) < 4.78 is 0. The summed E-state index contributed by atoms with van der Waals surface area (Å²) in [5, 5.41) is 2.41. The van der Waals surface area contributed by atoms with Gasteiger partial charge in [0.05, 0.1) is 0 Å². The van der Waals surface area contributed by atoms with Gasteiger partial charge in [-0.1, -0.05) is 146 Å². The SMILES string of the molecule is Cc1ccc(-c2cccc(-c3ccc(-c4cc(-c5ccc6ccccc6c5)cc(-c5nc(-c6ccccc6)nc(-c6ccccc6)n5)c4)cc3)c2)cn1. The quantitative estimate of drug-likeness (QED) is 0.168. The Labute approximate surface area is 309 Å². The van der Waals surface area contributed by atoms with Gasteiger partial charge >= 0.3 is 0 Å². The Hall–Kier alpha value is -7.04. The fraction of sp³-hybridized carbons (Fsp3) is 0.0204. The number of aromatic nitrogens is 4. The summed E-state index contributed by atoms with van der Waals surface area (Å²) >= 11 is 0. The zero-order valence-electron chi connectivity index (χ0n) is 29.2. The summed E-state index contributed by atoms with van der Waals surface area (Å²) in [5.74, 6) is 1.90. The fourth-order valence-corrected chi connectivity index (χ4v) is 6.77. The molecule has 0 saturated carbocycles. The van der Waals surface area contributed by atoms with Crippen LogP contribution in [-0.2, 0) is 0 Å². The Morgan fingerprint density at radius 2 is 0.717 bits per heavy atom. The highest BCUT2D eigenvalue weighted by Crippen LogP contribution is 2.36. The van der Waals surface area contributed by atoms with Crippen molar-refractivity contribution in [1.29, 1.82) is 0 Å². The van der Waals surface area contributed by atoms with Gasteiger partial charge in [0.15, 0.2) is 17.5 Å². The average molecular weight is 679 g/mol. The van der Waals surface area contributed by atoms with E-state index in [4.69, 9.17) is 15.0 Å². The molecule has 0 radical (unpaired) electrons.